The van der Waals surface area contributed by atoms with Crippen LogP contribution < -0.4 is 5.32 Å². The van der Waals surface area contributed by atoms with Crippen LogP contribution in [0, 0.1) is 23.1 Å². The molecule has 36 heavy (non-hydrogen) atoms. The number of benzene rings is 1. The van der Waals surface area contributed by atoms with Crippen molar-refractivity contribution in [2.45, 2.75) is 64.8 Å². The lowest BCUT2D eigenvalue weighted by Crippen LogP contribution is -2.55. The number of ether oxygens (including phenoxy) is 1. The molecule has 3 aliphatic carbocycles. The number of nitrogens with one attached hydrogen (secondary N) is 1. The molecular formula is C27H29F4N3O2. The highest BCUT2D eigenvalue weighted by Crippen LogP contribution is 2.57. The molecule has 0 spiro atoms. The van der Waals surface area contributed by atoms with Crippen molar-refractivity contribution < 1.29 is 27.1 Å². The van der Waals surface area contributed by atoms with Crippen LogP contribution in [0.4, 0.5) is 22.4 Å². The Morgan fingerprint density at radius 1 is 1.25 bits per heavy atom. The molecule has 1 aromatic carbocycles. The zero-order valence-electron chi connectivity index (χ0n) is 20.4. The minimum atomic E-state index is -4.44. The molecule has 1 amide bonds. The highest BCUT2D eigenvalue weighted by Gasteiger charge is 2.54. The number of carbonyl (C=O) groups excluding carboxylic acids is 1. The van der Waals surface area contributed by atoms with Crippen molar-refractivity contribution >= 4 is 12.2 Å². The fourth-order valence-corrected chi connectivity index (χ4v) is 6.15. The largest absolute Gasteiger partial charge is 0.447 e. The number of halogens is 4. The average Bonchev–Trinajstić information content (AvgIpc) is 3.18. The number of alkyl halides is 3. The number of aromatic nitrogens is 2. The number of amides is 1. The summed E-state index contributed by atoms with van der Waals surface area (Å²) >= 11 is 0. The third-order valence-corrected chi connectivity index (χ3v) is 7.79. The number of nitrogens with zero attached hydrogens (tertiary/aromatic N) is 2. The lowest BCUT2D eigenvalue weighted by atomic mass is 9.55. The smallest absolute Gasteiger partial charge is 0.407 e. The van der Waals surface area contributed by atoms with Gasteiger partial charge in [-0.05, 0) is 75.4 Å². The monoisotopic (exact) mass is 503 g/mol. The van der Waals surface area contributed by atoms with E-state index in [9.17, 15) is 22.4 Å². The number of allylic oxidation sites excluding steroid dienone is 2. The van der Waals surface area contributed by atoms with Gasteiger partial charge in [0.05, 0.1) is 35.6 Å². The van der Waals surface area contributed by atoms with Crippen LogP contribution in [0.2, 0.25) is 0 Å². The Morgan fingerprint density at radius 2 is 1.97 bits per heavy atom. The predicted octanol–water partition coefficient (Wildman–Crippen LogP) is 6.38. The van der Waals surface area contributed by atoms with Crippen LogP contribution in [0.1, 0.15) is 51.3 Å². The predicted molar refractivity (Wildman–Crippen MR) is 127 cm³/mol. The highest BCUT2D eigenvalue weighted by atomic mass is 19.4. The van der Waals surface area contributed by atoms with E-state index in [0.717, 1.165) is 28.1 Å². The topological polar surface area (TPSA) is 56.1 Å². The van der Waals surface area contributed by atoms with E-state index in [0.29, 0.717) is 19.3 Å². The summed E-state index contributed by atoms with van der Waals surface area (Å²) in [4.78, 5) is 12.4. The first-order valence-corrected chi connectivity index (χ1v) is 12.3. The second-order valence-electron chi connectivity index (χ2n) is 10.4. The van der Waals surface area contributed by atoms with E-state index in [2.05, 4.69) is 23.4 Å². The summed E-state index contributed by atoms with van der Waals surface area (Å²) in [5.41, 5.74) is 4.24. The number of carbonyl (C=O) groups is 1. The first-order valence-electron chi connectivity index (χ1n) is 12.3. The lowest BCUT2D eigenvalue weighted by Gasteiger charge is -2.51. The second kappa shape index (κ2) is 8.78. The van der Waals surface area contributed by atoms with E-state index in [4.69, 9.17) is 4.74 Å². The van der Waals surface area contributed by atoms with Gasteiger partial charge in [0, 0.05) is 11.3 Å². The average molecular weight is 504 g/mol. The SMILES string of the molecule is CC(C)OC(=O)N[C@H]1[C@H](C(F)(F)F)CC=C2[C@@H]1CCC1=Cc3c(cnn3-c3ccc(F)cc3)C[C@@]12C. The summed E-state index contributed by atoms with van der Waals surface area (Å²) in [6, 6.07) is 5.02. The molecule has 0 unspecified atom stereocenters. The first-order chi connectivity index (χ1) is 17.0. The molecule has 0 aliphatic heterocycles. The van der Waals surface area contributed by atoms with Gasteiger partial charge in [0.15, 0.2) is 0 Å². The second-order valence-corrected chi connectivity index (χ2v) is 10.4. The van der Waals surface area contributed by atoms with Crippen LogP contribution in [-0.2, 0) is 11.2 Å². The minimum Gasteiger partial charge on any atom is -0.447 e. The summed E-state index contributed by atoms with van der Waals surface area (Å²) in [5.74, 6) is -2.44. The van der Waals surface area contributed by atoms with E-state index in [1.165, 1.54) is 12.1 Å². The van der Waals surface area contributed by atoms with Gasteiger partial charge in [-0.1, -0.05) is 24.1 Å². The number of rotatable bonds is 3. The van der Waals surface area contributed by atoms with Crippen LogP contribution in [-0.4, -0.2) is 34.2 Å². The van der Waals surface area contributed by atoms with E-state index >= 15 is 0 Å². The van der Waals surface area contributed by atoms with Crippen molar-refractivity contribution in [3.05, 3.63) is 64.8 Å². The van der Waals surface area contributed by atoms with Crippen LogP contribution >= 0.6 is 0 Å². The number of hydrogen-bond donors (Lipinski definition) is 1. The molecule has 1 aromatic heterocycles. The van der Waals surface area contributed by atoms with Gasteiger partial charge < -0.3 is 10.1 Å². The zero-order valence-corrected chi connectivity index (χ0v) is 20.4. The Kier molecular flexibility index (Phi) is 6.00. The van der Waals surface area contributed by atoms with Crippen molar-refractivity contribution in [2.24, 2.45) is 17.3 Å². The summed E-state index contributed by atoms with van der Waals surface area (Å²) in [7, 11) is 0. The fourth-order valence-electron chi connectivity index (χ4n) is 6.15. The van der Waals surface area contributed by atoms with Crippen LogP contribution in [0.3, 0.4) is 0 Å². The maximum absolute atomic E-state index is 14.0. The van der Waals surface area contributed by atoms with Crippen molar-refractivity contribution in [2.75, 3.05) is 0 Å². The van der Waals surface area contributed by atoms with Gasteiger partial charge in [0.1, 0.15) is 5.82 Å². The molecular weight excluding hydrogens is 474 g/mol. The van der Waals surface area contributed by atoms with Gasteiger partial charge >= 0.3 is 12.3 Å². The van der Waals surface area contributed by atoms with Gasteiger partial charge in [0.25, 0.3) is 0 Å². The first kappa shape index (κ1) is 24.6. The molecule has 192 valence electrons. The minimum absolute atomic E-state index is 0.188. The third-order valence-electron chi connectivity index (χ3n) is 7.79. The van der Waals surface area contributed by atoms with Crippen LogP contribution in [0.25, 0.3) is 11.8 Å². The molecule has 0 bridgehead atoms. The molecule has 3 aliphatic rings. The molecule has 1 N–H and O–H groups in total. The van der Waals surface area contributed by atoms with Gasteiger partial charge in [-0.25, -0.2) is 13.9 Å². The molecule has 1 saturated carbocycles. The van der Waals surface area contributed by atoms with Crippen molar-refractivity contribution in [1.82, 2.24) is 15.1 Å². The lowest BCUT2D eigenvalue weighted by molar-refractivity contribution is -0.186. The van der Waals surface area contributed by atoms with Gasteiger partial charge in [0.2, 0.25) is 0 Å². The molecule has 5 nitrogen and oxygen atoms in total. The van der Waals surface area contributed by atoms with E-state index in [-0.39, 0.29) is 12.2 Å². The van der Waals surface area contributed by atoms with Crippen molar-refractivity contribution in [3.8, 4) is 5.69 Å². The summed E-state index contributed by atoms with van der Waals surface area (Å²) in [6.07, 6.45) is 1.42. The summed E-state index contributed by atoms with van der Waals surface area (Å²) in [5, 5.41) is 7.10. The van der Waals surface area contributed by atoms with E-state index in [1.54, 1.807) is 42.9 Å². The molecule has 0 saturated heterocycles. The molecule has 2 aromatic rings. The Balaban J connectivity index is 1.49. The van der Waals surface area contributed by atoms with Crippen molar-refractivity contribution in [1.29, 1.82) is 0 Å². The molecule has 9 heteroatoms. The van der Waals surface area contributed by atoms with E-state index in [1.807, 2.05) is 0 Å². The Hall–Kier alpha value is -3.10. The van der Waals surface area contributed by atoms with Crippen molar-refractivity contribution in [3.63, 3.8) is 0 Å². The molecule has 1 fully saturated rings. The number of fused-ring (bicyclic) bond motifs is 4. The Bertz CT molecular complexity index is 1230. The number of alkyl carbamates (subject to hydrolysis) is 1. The maximum atomic E-state index is 14.0. The van der Waals surface area contributed by atoms with Crippen LogP contribution in [0.15, 0.2) is 47.7 Å². The molecule has 0 radical (unpaired) electrons. The van der Waals surface area contributed by atoms with Gasteiger partial charge in [-0.3, -0.25) is 0 Å². The molecule has 1 heterocycles. The Morgan fingerprint density at radius 3 is 2.64 bits per heavy atom. The standard InChI is InChI=1S/C27H29F4N3O2/c1-15(2)36-25(35)33-24-20-9-4-17-12-23-16(14-32-34(23)19-7-5-18(28)6-8-19)13-26(17,3)21(20)10-11-22(24)27(29,30)31/h5-8,10,12,14-15,20,22,24H,4,9,11,13H2,1-3H3,(H,33,35)/t20-,22+,24+,26-/m0/s1. The quantitative estimate of drug-likeness (QED) is 0.391. The maximum Gasteiger partial charge on any atom is 0.407 e. The van der Waals surface area contributed by atoms with Gasteiger partial charge in [-0.15, -0.1) is 0 Å². The Labute approximate surface area is 207 Å². The summed E-state index contributed by atoms with van der Waals surface area (Å²) < 4.78 is 62.4. The van der Waals surface area contributed by atoms with Crippen LogP contribution in [0.5, 0.6) is 0 Å². The highest BCUT2D eigenvalue weighted by molar-refractivity contribution is 5.68. The summed E-state index contributed by atoms with van der Waals surface area (Å²) in [6.45, 7) is 5.40. The normalized spacial score (nSPS) is 27.4. The number of hydrogen-bond acceptors (Lipinski definition) is 3. The molecule has 4 atom stereocenters. The third kappa shape index (κ3) is 4.22. The zero-order chi connectivity index (χ0) is 25.8. The van der Waals surface area contributed by atoms with Gasteiger partial charge in [-0.2, -0.15) is 18.3 Å². The fraction of sp³-hybridized carbons (Fsp3) is 0.481. The molecule has 5 rings (SSSR count). The van der Waals surface area contributed by atoms with E-state index < -0.39 is 41.7 Å².